The third-order valence-corrected chi connectivity index (χ3v) is 3.51. The highest BCUT2D eigenvalue weighted by atomic mass is 16.2. The monoisotopic (exact) mass is 305 g/mol. The van der Waals surface area contributed by atoms with Gasteiger partial charge in [0.15, 0.2) is 0 Å². The van der Waals surface area contributed by atoms with Crippen LogP contribution in [0.3, 0.4) is 0 Å². The predicted octanol–water partition coefficient (Wildman–Crippen LogP) is 2.73. The molecule has 0 saturated heterocycles. The molecule has 1 aromatic rings. The summed E-state index contributed by atoms with van der Waals surface area (Å²) >= 11 is 0. The highest BCUT2D eigenvalue weighted by molar-refractivity contribution is 5.91. The molecule has 1 rings (SSSR count). The molecule has 1 N–H and O–H groups in total. The first-order chi connectivity index (χ1) is 10.5. The van der Waals surface area contributed by atoms with Gasteiger partial charge in [-0.1, -0.05) is 13.8 Å². The fourth-order valence-corrected chi connectivity index (χ4v) is 2.18. The van der Waals surface area contributed by atoms with E-state index in [1.807, 2.05) is 29.2 Å². The summed E-state index contributed by atoms with van der Waals surface area (Å²) in [5.41, 5.74) is 1.71. The molecule has 5 heteroatoms. The van der Waals surface area contributed by atoms with Gasteiger partial charge in [0.25, 0.3) is 0 Å². The van der Waals surface area contributed by atoms with E-state index in [1.165, 1.54) is 6.92 Å². The lowest BCUT2D eigenvalue weighted by molar-refractivity contribution is -0.129. The van der Waals surface area contributed by atoms with Gasteiger partial charge in [-0.2, -0.15) is 0 Å². The maximum atomic E-state index is 12.2. The molecule has 0 heterocycles. The normalized spacial score (nSPS) is 10.2. The molecule has 0 aliphatic heterocycles. The van der Waals surface area contributed by atoms with Crippen LogP contribution in [0.15, 0.2) is 24.3 Å². The molecular weight excluding hydrogens is 278 g/mol. The Morgan fingerprint density at radius 1 is 1.05 bits per heavy atom. The number of carbonyl (C=O) groups is 2. The number of anilines is 2. The van der Waals surface area contributed by atoms with E-state index in [-0.39, 0.29) is 11.8 Å². The largest absolute Gasteiger partial charge is 0.376 e. The molecule has 0 fully saturated rings. The smallest absolute Gasteiger partial charge is 0.241 e. The average molecular weight is 305 g/mol. The average Bonchev–Trinajstić information content (AvgIpc) is 2.52. The Hall–Kier alpha value is -2.04. The second-order valence-electron chi connectivity index (χ2n) is 5.36. The second-order valence-corrected chi connectivity index (χ2v) is 5.36. The number of nitrogens with one attached hydrogen (secondary N) is 1. The van der Waals surface area contributed by atoms with E-state index in [0.717, 1.165) is 37.3 Å². The fraction of sp³-hybridized carbons (Fsp3) is 0.529. The Kier molecular flexibility index (Phi) is 7.43. The maximum Gasteiger partial charge on any atom is 0.241 e. The van der Waals surface area contributed by atoms with Crippen molar-refractivity contribution in [3.8, 4) is 0 Å². The third-order valence-electron chi connectivity index (χ3n) is 3.51. The van der Waals surface area contributed by atoms with E-state index in [4.69, 9.17) is 0 Å². The lowest BCUT2D eigenvalue weighted by Crippen LogP contribution is -2.36. The summed E-state index contributed by atoms with van der Waals surface area (Å²) in [5, 5.41) is 3.14. The van der Waals surface area contributed by atoms with Gasteiger partial charge < -0.3 is 15.1 Å². The van der Waals surface area contributed by atoms with Crippen molar-refractivity contribution in [2.24, 2.45) is 0 Å². The van der Waals surface area contributed by atoms with Crippen molar-refractivity contribution in [2.45, 2.75) is 33.6 Å². The summed E-state index contributed by atoms with van der Waals surface area (Å²) in [4.78, 5) is 26.9. The number of nitrogens with zero attached hydrogens (tertiary/aromatic N) is 2. The number of amides is 2. The molecule has 122 valence electrons. The van der Waals surface area contributed by atoms with Crippen molar-refractivity contribution in [1.29, 1.82) is 0 Å². The highest BCUT2D eigenvalue weighted by Gasteiger charge is 2.11. The maximum absolute atomic E-state index is 12.2. The Labute approximate surface area is 133 Å². The van der Waals surface area contributed by atoms with Crippen LogP contribution in [0.4, 0.5) is 11.4 Å². The molecule has 0 aromatic heterocycles. The molecule has 0 unspecified atom stereocenters. The molecule has 0 spiro atoms. The Morgan fingerprint density at radius 3 is 2.05 bits per heavy atom. The zero-order valence-electron chi connectivity index (χ0n) is 14.1. The zero-order valence-corrected chi connectivity index (χ0v) is 14.1. The van der Waals surface area contributed by atoms with Crippen LogP contribution in [-0.2, 0) is 9.59 Å². The van der Waals surface area contributed by atoms with E-state index < -0.39 is 0 Å². The summed E-state index contributed by atoms with van der Waals surface area (Å²) < 4.78 is 0. The van der Waals surface area contributed by atoms with Crippen LogP contribution in [0.2, 0.25) is 0 Å². The fourth-order valence-electron chi connectivity index (χ4n) is 2.18. The lowest BCUT2D eigenvalue weighted by Gasteiger charge is -2.22. The lowest BCUT2D eigenvalue weighted by atomic mass is 10.2. The number of hydrogen-bond donors (Lipinski definition) is 1. The topological polar surface area (TPSA) is 52.7 Å². The van der Waals surface area contributed by atoms with E-state index in [1.54, 1.807) is 11.9 Å². The summed E-state index contributed by atoms with van der Waals surface area (Å²) in [6, 6.07) is 7.49. The molecule has 0 radical (unpaired) electrons. The third kappa shape index (κ3) is 5.39. The number of benzene rings is 1. The van der Waals surface area contributed by atoms with Gasteiger partial charge in [0, 0.05) is 38.4 Å². The van der Waals surface area contributed by atoms with E-state index >= 15 is 0 Å². The predicted molar refractivity (Wildman–Crippen MR) is 91.2 cm³/mol. The van der Waals surface area contributed by atoms with Crippen LogP contribution in [0.25, 0.3) is 0 Å². The van der Waals surface area contributed by atoms with Gasteiger partial charge in [-0.05, 0) is 37.1 Å². The first kappa shape index (κ1) is 18.0. The van der Waals surface area contributed by atoms with Gasteiger partial charge in [-0.25, -0.2) is 0 Å². The molecular formula is C17H27N3O2. The Bertz CT molecular complexity index is 479. The van der Waals surface area contributed by atoms with Crippen LogP contribution in [-0.4, -0.2) is 43.4 Å². The van der Waals surface area contributed by atoms with Crippen molar-refractivity contribution in [3.05, 3.63) is 24.3 Å². The zero-order chi connectivity index (χ0) is 16.5. The van der Waals surface area contributed by atoms with Crippen LogP contribution in [0, 0.1) is 0 Å². The van der Waals surface area contributed by atoms with Crippen LogP contribution in [0.1, 0.15) is 33.6 Å². The minimum Gasteiger partial charge on any atom is -0.376 e. The number of rotatable bonds is 8. The summed E-state index contributed by atoms with van der Waals surface area (Å²) in [7, 11) is 1.74. The quantitative estimate of drug-likeness (QED) is 0.803. The van der Waals surface area contributed by atoms with Crippen molar-refractivity contribution < 1.29 is 9.59 Å². The number of carbonyl (C=O) groups excluding carboxylic acids is 2. The van der Waals surface area contributed by atoms with Crippen LogP contribution < -0.4 is 10.2 Å². The van der Waals surface area contributed by atoms with Gasteiger partial charge in [-0.3, -0.25) is 9.59 Å². The SMILES string of the molecule is CCCN(CCC)C(=O)CNc1ccc(N(C)C(C)=O)cc1. The standard InChI is InChI=1S/C17H27N3O2/c1-5-11-20(12-6-2)17(22)13-18-15-7-9-16(10-8-15)19(4)14(3)21/h7-10,18H,5-6,11-13H2,1-4H3. The van der Waals surface area contributed by atoms with Gasteiger partial charge in [0.05, 0.1) is 6.54 Å². The highest BCUT2D eigenvalue weighted by Crippen LogP contribution is 2.16. The van der Waals surface area contributed by atoms with Gasteiger partial charge in [0.2, 0.25) is 11.8 Å². The molecule has 22 heavy (non-hydrogen) atoms. The van der Waals surface area contributed by atoms with Crippen LogP contribution in [0.5, 0.6) is 0 Å². The molecule has 1 aromatic carbocycles. The van der Waals surface area contributed by atoms with E-state index in [9.17, 15) is 9.59 Å². The molecule has 0 atom stereocenters. The van der Waals surface area contributed by atoms with Gasteiger partial charge >= 0.3 is 0 Å². The van der Waals surface area contributed by atoms with Crippen molar-refractivity contribution in [3.63, 3.8) is 0 Å². The molecule has 0 saturated carbocycles. The van der Waals surface area contributed by atoms with Gasteiger partial charge in [0.1, 0.15) is 0 Å². The molecule has 2 amide bonds. The first-order valence-corrected chi connectivity index (χ1v) is 7.85. The summed E-state index contributed by atoms with van der Waals surface area (Å²) in [6.45, 7) is 7.58. The van der Waals surface area contributed by atoms with E-state index in [0.29, 0.717) is 6.54 Å². The first-order valence-electron chi connectivity index (χ1n) is 7.85. The van der Waals surface area contributed by atoms with Crippen molar-refractivity contribution in [2.75, 3.05) is 36.9 Å². The second kappa shape index (κ2) is 9.07. The van der Waals surface area contributed by atoms with Gasteiger partial charge in [-0.15, -0.1) is 0 Å². The van der Waals surface area contributed by atoms with Crippen LogP contribution >= 0.6 is 0 Å². The summed E-state index contributed by atoms with van der Waals surface area (Å²) in [5.74, 6) is 0.110. The van der Waals surface area contributed by atoms with E-state index in [2.05, 4.69) is 19.2 Å². The molecule has 5 nitrogen and oxygen atoms in total. The molecule has 0 bridgehead atoms. The molecule has 0 aliphatic rings. The minimum absolute atomic E-state index is 0.00865. The van der Waals surface area contributed by atoms with Crippen molar-refractivity contribution in [1.82, 2.24) is 4.90 Å². The van der Waals surface area contributed by atoms with Crippen molar-refractivity contribution >= 4 is 23.2 Å². The summed E-state index contributed by atoms with van der Waals surface area (Å²) in [6.07, 6.45) is 1.94. The molecule has 0 aliphatic carbocycles. The minimum atomic E-state index is -0.00865. The number of hydrogen-bond acceptors (Lipinski definition) is 3. The Balaban J connectivity index is 2.57. The Morgan fingerprint density at radius 2 is 1.59 bits per heavy atom.